The molecule has 0 atom stereocenters. The number of hydrogen-bond donors (Lipinski definition) is 2. The highest BCUT2D eigenvalue weighted by atomic mass is 35.5. The van der Waals surface area contributed by atoms with Gasteiger partial charge in [0.15, 0.2) is 5.16 Å². The molecule has 11 heteroatoms. The van der Waals surface area contributed by atoms with Crippen LogP contribution < -0.4 is 10.9 Å². The molecule has 1 amide bonds. The van der Waals surface area contributed by atoms with E-state index in [1.807, 2.05) is 53.2 Å². The number of H-pyrrole nitrogens is 1. The first-order valence-electron chi connectivity index (χ1n) is 11.5. The molecule has 2 heterocycles. The average Bonchev–Trinajstić information content (AvgIpc) is 3.49. The Morgan fingerprint density at radius 3 is 2.62 bits per heavy atom. The third-order valence-electron chi connectivity index (χ3n) is 5.67. The molecule has 0 saturated heterocycles. The summed E-state index contributed by atoms with van der Waals surface area (Å²) in [5.41, 5.74) is 3.19. The van der Waals surface area contributed by atoms with Crippen LogP contribution in [0.4, 0.5) is 11.4 Å². The van der Waals surface area contributed by atoms with E-state index < -0.39 is 5.56 Å². The van der Waals surface area contributed by atoms with Crippen LogP contribution >= 0.6 is 35.0 Å². The number of anilines is 1. The van der Waals surface area contributed by atoms with E-state index in [2.05, 4.69) is 25.1 Å². The molecule has 3 aromatic carbocycles. The molecule has 0 saturated carbocycles. The topological polar surface area (TPSA) is 97.0 Å². The quantitative estimate of drug-likeness (QED) is 0.124. The minimum Gasteiger partial charge on any atom is -0.322 e. The summed E-state index contributed by atoms with van der Waals surface area (Å²) >= 11 is 13.3. The van der Waals surface area contributed by atoms with Crippen molar-refractivity contribution in [2.75, 3.05) is 5.32 Å². The SMILES string of the molecule is [C-]#[N+]c1c(-c2ccc(-n3ccnc3)cc2)nc(SCc2cccc(NC(=O)c3ccc(Cl)c(Cl)c3)c2)[nH]c1=O. The molecule has 5 rings (SSSR count). The first-order valence-corrected chi connectivity index (χ1v) is 13.2. The molecular formula is C28H18Cl2N6O2S. The average molecular weight is 573 g/mol. The third-order valence-corrected chi connectivity index (χ3v) is 7.35. The van der Waals surface area contributed by atoms with Gasteiger partial charge in [-0.1, -0.05) is 59.2 Å². The van der Waals surface area contributed by atoms with Crippen LogP contribution in [-0.4, -0.2) is 25.4 Å². The van der Waals surface area contributed by atoms with Crippen molar-refractivity contribution in [3.8, 4) is 16.9 Å². The molecule has 0 radical (unpaired) electrons. The predicted octanol–water partition coefficient (Wildman–Crippen LogP) is 7.02. The van der Waals surface area contributed by atoms with E-state index in [1.54, 1.807) is 30.7 Å². The molecule has 0 aliphatic carbocycles. The third kappa shape index (κ3) is 6.04. The van der Waals surface area contributed by atoms with Crippen molar-refractivity contribution in [1.29, 1.82) is 0 Å². The second-order valence-corrected chi connectivity index (χ2v) is 10.0. The van der Waals surface area contributed by atoms with Gasteiger partial charge in [-0.25, -0.2) is 14.8 Å². The van der Waals surface area contributed by atoms with Gasteiger partial charge in [-0.2, -0.15) is 0 Å². The highest BCUT2D eigenvalue weighted by Gasteiger charge is 2.15. The summed E-state index contributed by atoms with van der Waals surface area (Å²) in [7, 11) is 0. The highest BCUT2D eigenvalue weighted by molar-refractivity contribution is 7.98. The van der Waals surface area contributed by atoms with Crippen LogP contribution in [-0.2, 0) is 5.75 Å². The smallest absolute Gasteiger partial charge is 0.276 e. The normalized spacial score (nSPS) is 10.7. The van der Waals surface area contributed by atoms with E-state index in [0.717, 1.165) is 11.3 Å². The first-order chi connectivity index (χ1) is 18.9. The van der Waals surface area contributed by atoms with Gasteiger partial charge in [0.1, 0.15) is 0 Å². The molecule has 8 nitrogen and oxygen atoms in total. The molecule has 0 fully saturated rings. The second-order valence-electron chi connectivity index (χ2n) is 8.27. The summed E-state index contributed by atoms with van der Waals surface area (Å²) in [5, 5.41) is 3.90. The summed E-state index contributed by atoms with van der Waals surface area (Å²) in [6.45, 7) is 7.50. The van der Waals surface area contributed by atoms with E-state index in [0.29, 0.717) is 43.5 Å². The maximum absolute atomic E-state index is 12.7. The van der Waals surface area contributed by atoms with Crippen LogP contribution in [0.3, 0.4) is 0 Å². The Morgan fingerprint density at radius 2 is 1.90 bits per heavy atom. The van der Waals surface area contributed by atoms with Crippen LogP contribution in [0.15, 0.2) is 95.4 Å². The summed E-state index contributed by atoms with van der Waals surface area (Å²) in [6.07, 6.45) is 5.20. The Morgan fingerprint density at radius 1 is 1.08 bits per heavy atom. The Labute approximate surface area is 237 Å². The van der Waals surface area contributed by atoms with Gasteiger partial charge in [0, 0.05) is 35.1 Å². The highest BCUT2D eigenvalue weighted by Crippen LogP contribution is 2.29. The van der Waals surface area contributed by atoms with Crippen molar-refractivity contribution in [3.63, 3.8) is 0 Å². The van der Waals surface area contributed by atoms with Gasteiger partial charge in [0.25, 0.3) is 17.2 Å². The fourth-order valence-corrected chi connectivity index (χ4v) is 4.86. The lowest BCUT2D eigenvalue weighted by Gasteiger charge is -2.10. The number of aromatic amines is 1. The molecule has 0 bridgehead atoms. The van der Waals surface area contributed by atoms with Crippen molar-refractivity contribution < 1.29 is 4.79 Å². The monoisotopic (exact) mass is 572 g/mol. The second kappa shape index (κ2) is 11.6. The van der Waals surface area contributed by atoms with E-state index in [9.17, 15) is 9.59 Å². The van der Waals surface area contributed by atoms with Crippen LogP contribution in [0.5, 0.6) is 0 Å². The first kappa shape index (κ1) is 26.3. The van der Waals surface area contributed by atoms with Crippen molar-refractivity contribution in [2.45, 2.75) is 10.9 Å². The molecule has 0 spiro atoms. The zero-order chi connectivity index (χ0) is 27.4. The maximum atomic E-state index is 12.7. The fraction of sp³-hybridized carbons (Fsp3) is 0.0357. The lowest BCUT2D eigenvalue weighted by molar-refractivity contribution is 0.102. The lowest BCUT2D eigenvalue weighted by Crippen LogP contribution is -2.12. The van der Waals surface area contributed by atoms with Gasteiger partial charge in [-0.3, -0.25) is 9.59 Å². The van der Waals surface area contributed by atoms with Gasteiger partial charge in [0.2, 0.25) is 0 Å². The standard InChI is InChI=1S/C28H18Cl2N6O2S/c1-31-25-24(18-5-8-21(9-6-18)36-12-11-32-16-36)34-28(35-27(25)38)39-15-17-3-2-4-20(13-17)33-26(37)19-7-10-22(29)23(30)14-19/h2-14,16H,15H2,(H,33,37)(H,34,35,38). The number of thioether (sulfide) groups is 1. The van der Waals surface area contributed by atoms with Gasteiger partial charge >= 0.3 is 0 Å². The number of carbonyl (C=O) groups excluding carboxylic acids is 1. The summed E-state index contributed by atoms with van der Waals surface area (Å²) in [6, 6.07) is 19.4. The zero-order valence-corrected chi connectivity index (χ0v) is 22.4. The number of carbonyl (C=O) groups is 1. The van der Waals surface area contributed by atoms with E-state index in [4.69, 9.17) is 29.8 Å². The number of imidazole rings is 1. The molecule has 5 aromatic rings. The fourth-order valence-electron chi connectivity index (χ4n) is 3.75. The summed E-state index contributed by atoms with van der Waals surface area (Å²) in [5.74, 6) is 0.151. The number of halogens is 2. The van der Waals surface area contributed by atoms with Crippen molar-refractivity contribution >= 4 is 52.2 Å². The summed E-state index contributed by atoms with van der Waals surface area (Å²) in [4.78, 5) is 40.1. The van der Waals surface area contributed by atoms with Crippen molar-refractivity contribution in [2.24, 2.45) is 0 Å². The van der Waals surface area contributed by atoms with E-state index >= 15 is 0 Å². The van der Waals surface area contributed by atoms with Crippen LogP contribution in [0.1, 0.15) is 15.9 Å². The van der Waals surface area contributed by atoms with Crippen molar-refractivity contribution in [3.05, 3.63) is 128 Å². The van der Waals surface area contributed by atoms with Crippen LogP contribution in [0.25, 0.3) is 21.8 Å². The van der Waals surface area contributed by atoms with Crippen LogP contribution in [0, 0.1) is 6.57 Å². The van der Waals surface area contributed by atoms with Gasteiger partial charge in [-0.05, 0) is 53.6 Å². The molecule has 0 unspecified atom stereocenters. The van der Waals surface area contributed by atoms with Gasteiger partial charge in [-0.15, -0.1) is 0 Å². The number of amides is 1. The van der Waals surface area contributed by atoms with Crippen molar-refractivity contribution in [1.82, 2.24) is 19.5 Å². The van der Waals surface area contributed by atoms with Gasteiger partial charge < -0.3 is 14.9 Å². The number of aromatic nitrogens is 4. The Bertz CT molecular complexity index is 1760. The Kier molecular flexibility index (Phi) is 7.79. The Balaban J connectivity index is 1.33. The largest absolute Gasteiger partial charge is 0.322 e. The minimum atomic E-state index is -0.501. The predicted molar refractivity (Wildman–Crippen MR) is 154 cm³/mol. The van der Waals surface area contributed by atoms with E-state index in [-0.39, 0.29) is 11.6 Å². The molecule has 2 aromatic heterocycles. The molecular weight excluding hydrogens is 555 g/mol. The minimum absolute atomic E-state index is 0.0678. The summed E-state index contributed by atoms with van der Waals surface area (Å²) < 4.78 is 1.85. The number of nitrogens with zero attached hydrogens (tertiary/aromatic N) is 4. The lowest BCUT2D eigenvalue weighted by atomic mass is 10.1. The molecule has 2 N–H and O–H groups in total. The maximum Gasteiger partial charge on any atom is 0.276 e. The molecule has 0 aliphatic heterocycles. The van der Waals surface area contributed by atoms with Crippen LogP contribution in [0.2, 0.25) is 10.0 Å². The molecule has 0 aliphatic rings. The number of hydrogen-bond acceptors (Lipinski definition) is 5. The Hall–Kier alpha value is -4.36. The number of benzene rings is 3. The number of rotatable bonds is 7. The van der Waals surface area contributed by atoms with E-state index in [1.165, 1.54) is 17.8 Å². The molecule has 39 heavy (non-hydrogen) atoms. The zero-order valence-electron chi connectivity index (χ0n) is 20.1. The molecule has 192 valence electrons. The number of nitrogens with one attached hydrogen (secondary N) is 2. The van der Waals surface area contributed by atoms with Gasteiger partial charge in [0.05, 0.1) is 28.6 Å².